The summed E-state index contributed by atoms with van der Waals surface area (Å²) in [5, 5.41) is 17.1. The topological polar surface area (TPSA) is 97.6 Å². The van der Waals surface area contributed by atoms with Crippen molar-refractivity contribution in [1.82, 2.24) is 20.2 Å². The van der Waals surface area contributed by atoms with E-state index in [0.717, 1.165) is 81.3 Å². The third-order valence-electron chi connectivity index (χ3n) is 11.6. The number of aromatic nitrogens is 2. The van der Waals surface area contributed by atoms with Gasteiger partial charge in [0.2, 0.25) is 0 Å². The van der Waals surface area contributed by atoms with E-state index in [4.69, 9.17) is 9.47 Å². The second-order valence-corrected chi connectivity index (χ2v) is 16.3. The van der Waals surface area contributed by atoms with Crippen molar-refractivity contribution in [3.63, 3.8) is 0 Å². The fraction of sp³-hybridized carbons (Fsp3) is 0.463. The van der Waals surface area contributed by atoms with E-state index in [9.17, 15) is 9.90 Å². The van der Waals surface area contributed by atoms with Crippen molar-refractivity contribution in [2.24, 2.45) is 30.7 Å². The molecule has 4 aliphatic carbocycles. The average molecular weight is 693 g/mol. The monoisotopic (exact) mass is 692 g/mol. The van der Waals surface area contributed by atoms with Gasteiger partial charge in [0.05, 0.1) is 18.8 Å². The number of urea groups is 1. The molecule has 4 unspecified atom stereocenters. The third kappa shape index (κ3) is 7.11. The molecule has 5 aliphatic rings. The van der Waals surface area contributed by atoms with Gasteiger partial charge in [-0.15, -0.1) is 0 Å². The molecule has 4 aromatic rings. The molecule has 1 aliphatic heterocycles. The van der Waals surface area contributed by atoms with Gasteiger partial charge in [-0.25, -0.2) is 9.78 Å². The van der Waals surface area contributed by atoms with Crippen molar-refractivity contribution in [2.75, 3.05) is 5.75 Å². The van der Waals surface area contributed by atoms with Gasteiger partial charge in [-0.3, -0.25) is 0 Å². The highest BCUT2D eigenvalue weighted by Gasteiger charge is 2.51. The Labute approximate surface area is 299 Å². The number of nitrogens with one attached hydrogen (secondary N) is 2. The quantitative estimate of drug-likeness (QED) is 0.146. The lowest BCUT2D eigenvalue weighted by Gasteiger charge is -2.56. The number of hydrogen-bond donors (Lipinski definition) is 3. The highest BCUT2D eigenvalue weighted by molar-refractivity contribution is 7.99. The lowest BCUT2D eigenvalue weighted by atomic mass is 9.53. The number of aliphatic hydroxyl groups excluding tert-OH is 1. The van der Waals surface area contributed by atoms with Crippen molar-refractivity contribution in [3.05, 3.63) is 107 Å². The molecule has 9 heteroatoms. The number of ether oxygens (including phenoxy) is 2. The van der Waals surface area contributed by atoms with Crippen LogP contribution in [0.25, 0.3) is 11.1 Å². The zero-order valence-electron chi connectivity index (χ0n) is 29.0. The zero-order chi connectivity index (χ0) is 34.2. The summed E-state index contributed by atoms with van der Waals surface area (Å²) in [6.45, 7) is 2.69. The van der Waals surface area contributed by atoms with Gasteiger partial charge in [0.25, 0.3) is 0 Å². The van der Waals surface area contributed by atoms with Crippen LogP contribution in [0.2, 0.25) is 0 Å². The van der Waals surface area contributed by atoms with Crippen LogP contribution < -0.4 is 10.6 Å². The maximum Gasteiger partial charge on any atom is 0.315 e. The molecule has 50 heavy (non-hydrogen) atoms. The van der Waals surface area contributed by atoms with Crippen molar-refractivity contribution in [3.8, 4) is 11.1 Å². The molecule has 4 bridgehead atoms. The first kappa shape index (κ1) is 33.5. The molecule has 3 N–H and O–H groups in total. The molecule has 2 amide bonds. The molecule has 1 saturated heterocycles. The Morgan fingerprint density at radius 2 is 1.62 bits per heavy atom. The number of hydrogen-bond acceptors (Lipinski definition) is 6. The Morgan fingerprint density at radius 3 is 2.28 bits per heavy atom. The highest BCUT2D eigenvalue weighted by atomic mass is 32.2. The minimum Gasteiger partial charge on any atom is -0.392 e. The average Bonchev–Trinajstić information content (AvgIpc) is 3.54. The smallest absolute Gasteiger partial charge is 0.315 e. The normalized spacial score (nSPS) is 29.9. The number of thioether (sulfide) groups is 1. The maximum absolute atomic E-state index is 13.1. The van der Waals surface area contributed by atoms with E-state index in [1.54, 1.807) is 11.8 Å². The predicted molar refractivity (Wildman–Crippen MR) is 195 cm³/mol. The number of nitrogens with zero attached hydrogens (tertiary/aromatic N) is 2. The summed E-state index contributed by atoms with van der Waals surface area (Å²) in [5.74, 6) is 3.25. The van der Waals surface area contributed by atoms with E-state index in [0.29, 0.717) is 6.54 Å². The molecular weight excluding hydrogens is 645 g/mol. The Balaban J connectivity index is 0.936. The Morgan fingerprint density at radius 1 is 0.920 bits per heavy atom. The zero-order valence-corrected chi connectivity index (χ0v) is 29.8. The van der Waals surface area contributed by atoms with Gasteiger partial charge in [-0.05, 0) is 90.2 Å². The van der Waals surface area contributed by atoms with Crippen LogP contribution in [-0.4, -0.2) is 38.1 Å². The van der Waals surface area contributed by atoms with E-state index in [1.807, 2.05) is 36.1 Å². The van der Waals surface area contributed by atoms with Crippen molar-refractivity contribution >= 4 is 17.8 Å². The summed E-state index contributed by atoms with van der Waals surface area (Å²) in [7, 11) is 2.01. The number of carbonyl (C=O) groups excluding carboxylic acids is 1. The number of amides is 2. The summed E-state index contributed by atoms with van der Waals surface area (Å²) >= 11 is 1.69. The van der Waals surface area contributed by atoms with Crippen LogP contribution in [0, 0.1) is 23.7 Å². The Kier molecular flexibility index (Phi) is 9.50. The number of benzene rings is 3. The van der Waals surface area contributed by atoms with Gasteiger partial charge in [0.15, 0.2) is 11.4 Å². The van der Waals surface area contributed by atoms with E-state index in [1.165, 1.54) is 19.3 Å². The van der Waals surface area contributed by atoms with Gasteiger partial charge >= 0.3 is 6.03 Å². The molecule has 9 rings (SSSR count). The molecule has 5 fully saturated rings. The van der Waals surface area contributed by atoms with E-state index >= 15 is 0 Å². The lowest BCUT2D eigenvalue weighted by molar-refractivity contribution is -0.268. The van der Waals surface area contributed by atoms with Crippen LogP contribution >= 0.6 is 11.8 Å². The number of imidazole rings is 1. The summed E-state index contributed by atoms with van der Waals surface area (Å²) in [6, 6.07) is 24.8. The minimum atomic E-state index is -0.530. The summed E-state index contributed by atoms with van der Waals surface area (Å²) in [4.78, 5) is 17.6. The molecule has 3 aromatic carbocycles. The van der Waals surface area contributed by atoms with E-state index < -0.39 is 6.29 Å². The number of carbonyl (C=O) groups is 1. The maximum atomic E-state index is 13.1. The molecule has 2 heterocycles. The number of aryl methyl sites for hydroxylation is 1. The van der Waals surface area contributed by atoms with Crippen LogP contribution in [0.1, 0.15) is 80.1 Å². The number of aliphatic hydroxyl groups is 1. The van der Waals surface area contributed by atoms with Gasteiger partial charge in [0.1, 0.15) is 0 Å². The van der Waals surface area contributed by atoms with Gasteiger partial charge in [-0.1, -0.05) is 85.4 Å². The van der Waals surface area contributed by atoms with Crippen LogP contribution in [0.15, 0.2) is 90.3 Å². The van der Waals surface area contributed by atoms with Gasteiger partial charge in [0, 0.05) is 48.8 Å². The molecule has 8 nitrogen and oxygen atoms in total. The fourth-order valence-corrected chi connectivity index (χ4v) is 10.5. The van der Waals surface area contributed by atoms with Crippen molar-refractivity contribution < 1.29 is 19.4 Å². The van der Waals surface area contributed by atoms with E-state index in [-0.39, 0.29) is 36.3 Å². The van der Waals surface area contributed by atoms with Crippen LogP contribution in [0.5, 0.6) is 0 Å². The fourth-order valence-electron chi connectivity index (χ4n) is 9.38. The lowest BCUT2D eigenvalue weighted by Crippen LogP contribution is -2.61. The second-order valence-electron chi connectivity index (χ2n) is 15.3. The molecule has 262 valence electrons. The first-order valence-electron chi connectivity index (χ1n) is 18.2. The van der Waals surface area contributed by atoms with Gasteiger partial charge < -0.3 is 29.8 Å². The molecule has 1 aromatic heterocycles. The molecule has 4 saturated carbocycles. The molecule has 0 spiro atoms. The SMILES string of the molecule is CC1C(CSc2nccn2C)OC(c2ccc(-c3cccc(CNC(=O)NC45CC6CC(CC(C6)C4)C5)c3)cc2)OC1c1ccc(CO)cc1. The van der Waals surface area contributed by atoms with Crippen molar-refractivity contribution in [1.29, 1.82) is 0 Å². The Hall–Kier alpha value is -3.63. The molecular formula is C41H48N4O4S. The Bertz CT molecular complexity index is 1760. The minimum absolute atomic E-state index is 0.00850. The van der Waals surface area contributed by atoms with E-state index in [2.05, 4.69) is 83.2 Å². The van der Waals surface area contributed by atoms with Crippen LogP contribution in [-0.2, 0) is 29.7 Å². The third-order valence-corrected chi connectivity index (χ3v) is 12.7. The standard InChI is InChI=1S/C41H48N4O4S/c1-26-36(25-50-40-42-14-15-45(40)2)48-38(49-37(26)33-8-6-27(24-46)7-9-33)34-12-10-32(11-13-34)35-5-3-4-28(19-35)23-43-39(47)44-41-20-29-16-30(21-41)18-31(17-29)22-41/h3-15,19,26,29-31,36-38,46H,16-18,20-25H2,1-2H3,(H2,43,44,47). The summed E-state index contributed by atoms with van der Waals surface area (Å²) in [6.07, 6.45) is 10.6. The first-order chi connectivity index (χ1) is 24.3. The molecule has 4 atom stereocenters. The summed E-state index contributed by atoms with van der Waals surface area (Å²) in [5.41, 5.74) is 6.19. The second kappa shape index (κ2) is 14.2. The summed E-state index contributed by atoms with van der Waals surface area (Å²) < 4.78 is 15.4. The number of rotatable bonds is 10. The van der Waals surface area contributed by atoms with Crippen LogP contribution in [0.4, 0.5) is 4.79 Å². The van der Waals surface area contributed by atoms with Crippen LogP contribution in [0.3, 0.4) is 0 Å². The predicted octanol–water partition coefficient (Wildman–Crippen LogP) is 7.93. The van der Waals surface area contributed by atoms with Gasteiger partial charge in [-0.2, -0.15) is 0 Å². The van der Waals surface area contributed by atoms with Crippen molar-refractivity contribution in [2.45, 2.75) is 87.8 Å². The first-order valence-corrected chi connectivity index (χ1v) is 19.2. The largest absolute Gasteiger partial charge is 0.392 e. The highest BCUT2D eigenvalue weighted by Crippen LogP contribution is 2.55. The molecule has 0 radical (unpaired) electrons.